The molecular formula is C20H20F4N2O5S. The van der Waals surface area contributed by atoms with Crippen molar-refractivity contribution in [3.8, 4) is 0 Å². The van der Waals surface area contributed by atoms with Gasteiger partial charge in [-0.1, -0.05) is 0 Å². The zero-order chi connectivity index (χ0) is 23.6. The third kappa shape index (κ3) is 4.93. The summed E-state index contributed by atoms with van der Waals surface area (Å²) in [7, 11) is -2.99. The quantitative estimate of drug-likeness (QED) is 0.511. The van der Waals surface area contributed by atoms with E-state index in [9.17, 15) is 35.9 Å². The summed E-state index contributed by atoms with van der Waals surface area (Å²) in [4.78, 5) is 11.7. The maximum absolute atomic E-state index is 14.4. The summed E-state index contributed by atoms with van der Waals surface area (Å²) in [5.74, 6) is -6.86. The van der Waals surface area contributed by atoms with Crippen molar-refractivity contribution in [3.63, 3.8) is 0 Å². The van der Waals surface area contributed by atoms with Crippen molar-refractivity contribution in [2.24, 2.45) is 0 Å². The van der Waals surface area contributed by atoms with Gasteiger partial charge in [-0.2, -0.15) is 4.31 Å². The lowest BCUT2D eigenvalue weighted by Crippen LogP contribution is -2.33. The molecule has 2 N–H and O–H groups in total. The summed E-state index contributed by atoms with van der Waals surface area (Å²) in [6, 6.07) is 3.66. The minimum absolute atomic E-state index is 0.0398. The Morgan fingerprint density at radius 3 is 2.31 bits per heavy atom. The largest absolute Gasteiger partial charge is 0.390 e. The molecule has 1 aliphatic rings. The second-order valence-corrected chi connectivity index (χ2v) is 9.08. The summed E-state index contributed by atoms with van der Waals surface area (Å²) >= 11 is 0. The molecule has 0 bridgehead atoms. The number of sulfonamides is 1. The number of carbonyl (C=O) groups excluding carboxylic acids is 1. The fraction of sp³-hybridized carbons (Fsp3) is 0.350. The van der Waals surface area contributed by atoms with Gasteiger partial charge in [-0.3, -0.25) is 4.79 Å². The molecule has 32 heavy (non-hydrogen) atoms. The van der Waals surface area contributed by atoms with E-state index < -0.39 is 62.0 Å². The van der Waals surface area contributed by atoms with E-state index in [0.717, 1.165) is 22.5 Å². The Labute approximate surface area is 181 Å². The van der Waals surface area contributed by atoms with Crippen LogP contribution in [0.1, 0.15) is 23.2 Å². The Balaban J connectivity index is 1.87. The number of benzene rings is 2. The van der Waals surface area contributed by atoms with Crippen LogP contribution in [-0.2, 0) is 14.8 Å². The monoisotopic (exact) mass is 476 g/mol. The molecule has 1 heterocycles. The van der Waals surface area contributed by atoms with E-state index in [0.29, 0.717) is 12.1 Å². The number of methoxy groups -OCH3 is 1. The van der Waals surface area contributed by atoms with Crippen molar-refractivity contribution in [2.75, 3.05) is 25.5 Å². The molecule has 1 aliphatic heterocycles. The molecule has 1 saturated heterocycles. The highest BCUT2D eigenvalue weighted by Gasteiger charge is 2.33. The Morgan fingerprint density at radius 1 is 1.06 bits per heavy atom. The zero-order valence-corrected chi connectivity index (χ0v) is 17.6. The maximum Gasteiger partial charge on any atom is 0.255 e. The molecule has 1 fully saturated rings. The van der Waals surface area contributed by atoms with Crippen LogP contribution in [0.2, 0.25) is 0 Å². The lowest BCUT2D eigenvalue weighted by atomic mass is 10.1. The first kappa shape index (κ1) is 24.1. The number of ether oxygens (including phenoxy) is 1. The fourth-order valence-corrected chi connectivity index (χ4v) is 4.93. The number of rotatable bonds is 5. The van der Waals surface area contributed by atoms with Crippen molar-refractivity contribution >= 4 is 21.6 Å². The van der Waals surface area contributed by atoms with E-state index in [-0.39, 0.29) is 31.5 Å². The van der Waals surface area contributed by atoms with Crippen LogP contribution in [0.3, 0.4) is 0 Å². The predicted octanol–water partition coefficient (Wildman–Crippen LogP) is 2.66. The van der Waals surface area contributed by atoms with Crippen LogP contribution in [0.25, 0.3) is 0 Å². The van der Waals surface area contributed by atoms with Gasteiger partial charge in [0.2, 0.25) is 10.0 Å². The third-order valence-electron chi connectivity index (χ3n) is 5.12. The maximum atomic E-state index is 14.4. The van der Waals surface area contributed by atoms with E-state index in [1.807, 2.05) is 0 Å². The Bertz CT molecular complexity index is 1110. The Kier molecular flexibility index (Phi) is 7.18. The molecule has 12 heteroatoms. The minimum Gasteiger partial charge on any atom is -0.390 e. The molecular weight excluding hydrogens is 456 g/mol. The van der Waals surface area contributed by atoms with Gasteiger partial charge in [0.05, 0.1) is 12.2 Å². The third-order valence-corrected chi connectivity index (χ3v) is 7.04. The van der Waals surface area contributed by atoms with Crippen LogP contribution in [0, 0.1) is 23.3 Å². The number of carbonyl (C=O) groups is 1. The van der Waals surface area contributed by atoms with Gasteiger partial charge >= 0.3 is 0 Å². The summed E-state index contributed by atoms with van der Waals surface area (Å²) in [5.41, 5.74) is -0.716. The molecule has 0 aromatic heterocycles. The van der Waals surface area contributed by atoms with Crippen LogP contribution >= 0.6 is 0 Å². The molecule has 0 radical (unpaired) electrons. The highest BCUT2D eigenvalue weighted by Crippen LogP contribution is 2.25. The van der Waals surface area contributed by atoms with Crippen molar-refractivity contribution in [2.45, 2.75) is 29.9 Å². The number of amides is 1. The number of aliphatic hydroxyl groups excluding tert-OH is 1. The average Bonchev–Trinajstić information content (AvgIpc) is 2.93. The molecule has 2 aromatic rings. The zero-order valence-electron chi connectivity index (χ0n) is 16.8. The first-order valence-electron chi connectivity index (χ1n) is 9.51. The van der Waals surface area contributed by atoms with Gasteiger partial charge in [-0.15, -0.1) is 0 Å². The molecule has 0 saturated carbocycles. The first-order chi connectivity index (χ1) is 15.0. The number of nitrogens with zero attached hydrogens (tertiary/aromatic N) is 1. The van der Waals surface area contributed by atoms with Gasteiger partial charge in [-0.25, -0.2) is 26.0 Å². The fourth-order valence-electron chi connectivity index (χ4n) is 3.37. The van der Waals surface area contributed by atoms with Crippen molar-refractivity contribution < 1.29 is 40.6 Å². The lowest BCUT2D eigenvalue weighted by molar-refractivity contribution is -0.0122. The van der Waals surface area contributed by atoms with E-state index in [1.165, 1.54) is 7.11 Å². The van der Waals surface area contributed by atoms with Crippen LogP contribution in [0.5, 0.6) is 0 Å². The molecule has 174 valence electrons. The van der Waals surface area contributed by atoms with Gasteiger partial charge in [0.15, 0.2) is 17.5 Å². The normalized spacial score (nSPS) is 20.1. The SMILES string of the molecule is COC1CCN(S(=O)(=O)c2cc(C(=O)Nc3cc(F)c(F)c(F)c3)ccc2F)CCC1O. The van der Waals surface area contributed by atoms with Crippen molar-refractivity contribution in [1.29, 1.82) is 0 Å². The van der Waals surface area contributed by atoms with Gasteiger partial charge < -0.3 is 15.2 Å². The van der Waals surface area contributed by atoms with Crippen molar-refractivity contribution in [3.05, 3.63) is 59.2 Å². The first-order valence-corrected chi connectivity index (χ1v) is 10.9. The standard InChI is InChI=1S/C20H20F4N2O5S/c1-31-17-5-7-26(6-4-16(17)27)32(29,30)18-8-11(2-3-13(18)21)20(28)25-12-9-14(22)19(24)15(23)10-12/h2-3,8-10,16-17,27H,4-7H2,1H3,(H,25,28). The lowest BCUT2D eigenvalue weighted by Gasteiger charge is -2.20. The molecule has 0 spiro atoms. The highest BCUT2D eigenvalue weighted by molar-refractivity contribution is 7.89. The molecule has 2 unspecified atom stereocenters. The smallest absolute Gasteiger partial charge is 0.255 e. The Morgan fingerprint density at radius 2 is 1.69 bits per heavy atom. The number of aliphatic hydroxyl groups is 1. The number of halogens is 4. The summed E-state index contributed by atoms with van der Waals surface area (Å²) < 4.78 is 86.4. The van der Waals surface area contributed by atoms with Gasteiger partial charge in [0.25, 0.3) is 5.91 Å². The van der Waals surface area contributed by atoms with E-state index in [2.05, 4.69) is 5.32 Å². The summed E-state index contributed by atoms with van der Waals surface area (Å²) in [6.07, 6.45) is -1.21. The molecule has 3 rings (SSSR count). The number of anilines is 1. The highest BCUT2D eigenvalue weighted by atomic mass is 32.2. The average molecular weight is 476 g/mol. The van der Waals surface area contributed by atoms with E-state index >= 15 is 0 Å². The second-order valence-electron chi connectivity index (χ2n) is 7.18. The van der Waals surface area contributed by atoms with E-state index in [4.69, 9.17) is 4.74 Å². The van der Waals surface area contributed by atoms with Crippen LogP contribution in [0.15, 0.2) is 35.2 Å². The number of nitrogens with one attached hydrogen (secondary N) is 1. The van der Waals surface area contributed by atoms with Crippen LogP contribution in [0.4, 0.5) is 23.2 Å². The topological polar surface area (TPSA) is 95.9 Å². The minimum atomic E-state index is -4.38. The molecule has 2 atom stereocenters. The predicted molar refractivity (Wildman–Crippen MR) is 105 cm³/mol. The van der Waals surface area contributed by atoms with Gasteiger partial charge in [0, 0.05) is 43.6 Å². The molecule has 2 aromatic carbocycles. The Hall–Kier alpha value is -2.54. The van der Waals surface area contributed by atoms with Gasteiger partial charge in [0.1, 0.15) is 10.7 Å². The van der Waals surface area contributed by atoms with Crippen LogP contribution < -0.4 is 5.32 Å². The molecule has 7 nitrogen and oxygen atoms in total. The summed E-state index contributed by atoms with van der Waals surface area (Å²) in [5, 5.41) is 12.1. The second kappa shape index (κ2) is 9.53. The molecule has 0 aliphatic carbocycles. The van der Waals surface area contributed by atoms with E-state index in [1.54, 1.807) is 0 Å². The van der Waals surface area contributed by atoms with Gasteiger partial charge in [-0.05, 0) is 31.0 Å². The number of hydrogen-bond acceptors (Lipinski definition) is 5. The molecule has 1 amide bonds. The van der Waals surface area contributed by atoms with Crippen LogP contribution in [-0.4, -0.2) is 56.1 Å². The van der Waals surface area contributed by atoms with Crippen molar-refractivity contribution in [1.82, 2.24) is 4.31 Å². The number of hydrogen-bond donors (Lipinski definition) is 2. The summed E-state index contributed by atoms with van der Waals surface area (Å²) in [6.45, 7) is -0.130.